The number of aromatic nitrogens is 2. The highest BCUT2D eigenvalue weighted by molar-refractivity contribution is 9.15. The maximum absolute atomic E-state index is 13.2. The number of halogens is 3. The third kappa shape index (κ3) is 3.56. The van der Waals surface area contributed by atoms with Crippen LogP contribution in [-0.2, 0) is 6.54 Å². The summed E-state index contributed by atoms with van der Waals surface area (Å²) in [7, 11) is 0. The Bertz CT molecular complexity index is 1120. The van der Waals surface area contributed by atoms with E-state index in [2.05, 4.69) is 55.8 Å². The predicted molar refractivity (Wildman–Crippen MR) is 115 cm³/mol. The SMILES string of the molecule is C=C1C(Br)=c2nc(C)nc(NCc3cccc(C(F)F)c3C)c2=CN1C1(C)CC1. The van der Waals surface area contributed by atoms with Gasteiger partial charge in [0.1, 0.15) is 11.6 Å². The fourth-order valence-electron chi connectivity index (χ4n) is 3.67. The zero-order valence-electron chi connectivity index (χ0n) is 16.7. The van der Waals surface area contributed by atoms with Gasteiger partial charge in [-0.3, -0.25) is 0 Å². The molecule has 1 N–H and O–H groups in total. The Balaban J connectivity index is 1.75. The lowest BCUT2D eigenvalue weighted by atomic mass is 10.0. The summed E-state index contributed by atoms with van der Waals surface area (Å²) >= 11 is 3.67. The fraction of sp³-hybridized carbons (Fsp3) is 0.364. The number of hydrogen-bond acceptors (Lipinski definition) is 4. The minimum atomic E-state index is -2.48. The average molecular weight is 461 g/mol. The Morgan fingerprint density at radius 1 is 1.28 bits per heavy atom. The van der Waals surface area contributed by atoms with E-state index < -0.39 is 6.43 Å². The fourth-order valence-corrected chi connectivity index (χ4v) is 4.16. The molecule has 1 saturated carbocycles. The van der Waals surface area contributed by atoms with Gasteiger partial charge in [0.25, 0.3) is 6.43 Å². The van der Waals surface area contributed by atoms with Gasteiger partial charge in [0.2, 0.25) is 0 Å². The molecule has 2 aliphatic rings. The second-order valence-corrected chi connectivity index (χ2v) is 8.72. The number of rotatable bonds is 5. The molecule has 1 aromatic carbocycles. The molecule has 0 unspecified atom stereocenters. The van der Waals surface area contributed by atoms with Crippen molar-refractivity contribution >= 4 is 32.4 Å². The highest BCUT2D eigenvalue weighted by atomic mass is 79.9. The van der Waals surface area contributed by atoms with E-state index in [1.807, 2.05) is 13.0 Å². The highest BCUT2D eigenvalue weighted by Gasteiger charge is 2.44. The first kappa shape index (κ1) is 20.0. The molecule has 0 radical (unpaired) electrons. The molecule has 1 aliphatic heterocycles. The van der Waals surface area contributed by atoms with Crippen LogP contribution in [0.5, 0.6) is 0 Å². The molecular formula is C22H23BrF2N4. The first-order valence-corrected chi connectivity index (χ1v) is 10.4. The second-order valence-electron chi connectivity index (χ2n) is 7.92. The zero-order chi connectivity index (χ0) is 20.9. The van der Waals surface area contributed by atoms with Crippen molar-refractivity contribution in [2.45, 2.75) is 52.1 Å². The molecule has 0 spiro atoms. The van der Waals surface area contributed by atoms with Crippen molar-refractivity contribution in [2.75, 3.05) is 5.32 Å². The van der Waals surface area contributed by atoms with E-state index in [4.69, 9.17) is 0 Å². The molecule has 4 nitrogen and oxygen atoms in total. The Morgan fingerprint density at radius 3 is 2.66 bits per heavy atom. The molecule has 2 heterocycles. The number of benzene rings is 1. The van der Waals surface area contributed by atoms with Crippen LogP contribution in [0.15, 0.2) is 30.5 Å². The first-order valence-electron chi connectivity index (χ1n) is 9.56. The monoisotopic (exact) mass is 460 g/mol. The van der Waals surface area contributed by atoms with Crippen LogP contribution < -0.4 is 15.9 Å². The minimum Gasteiger partial charge on any atom is -0.365 e. The van der Waals surface area contributed by atoms with Crippen molar-refractivity contribution in [3.05, 3.63) is 63.6 Å². The van der Waals surface area contributed by atoms with E-state index in [1.54, 1.807) is 13.0 Å². The number of nitrogens with one attached hydrogen (secondary N) is 1. The number of anilines is 1. The Morgan fingerprint density at radius 2 is 2.00 bits per heavy atom. The van der Waals surface area contributed by atoms with Crippen LogP contribution in [0.4, 0.5) is 14.6 Å². The largest absolute Gasteiger partial charge is 0.365 e. The van der Waals surface area contributed by atoms with Gasteiger partial charge in [-0.15, -0.1) is 0 Å². The molecule has 1 fully saturated rings. The first-order chi connectivity index (χ1) is 13.7. The standard InChI is InChI=1S/C22H23BrF2N4/c1-12-15(6-5-7-16(12)20(24)25)10-26-21-17-11-29(22(4)8-9-22)13(2)18(23)19(17)27-14(3)28-21/h5-7,11,20H,2,8-10H2,1,3-4H3,(H,26,27,28). The summed E-state index contributed by atoms with van der Waals surface area (Å²) in [6.45, 7) is 10.4. The van der Waals surface area contributed by atoms with E-state index in [1.165, 1.54) is 6.07 Å². The van der Waals surface area contributed by atoms with E-state index in [9.17, 15) is 8.78 Å². The minimum absolute atomic E-state index is 0.0666. The Kier molecular flexibility index (Phi) is 4.97. The smallest absolute Gasteiger partial charge is 0.264 e. The molecule has 152 valence electrons. The summed E-state index contributed by atoms with van der Waals surface area (Å²) < 4.78 is 27.3. The van der Waals surface area contributed by atoms with Crippen LogP contribution in [0.1, 0.15) is 48.7 Å². The van der Waals surface area contributed by atoms with Crippen LogP contribution in [0.3, 0.4) is 0 Å². The van der Waals surface area contributed by atoms with Gasteiger partial charge >= 0.3 is 0 Å². The number of allylic oxidation sites excluding steroid dienone is 1. The van der Waals surface area contributed by atoms with Gasteiger partial charge in [-0.2, -0.15) is 0 Å². The molecule has 4 rings (SSSR count). The lowest BCUT2D eigenvalue weighted by molar-refractivity contribution is 0.150. The Hall–Kier alpha value is -2.28. The molecule has 1 aliphatic carbocycles. The van der Waals surface area contributed by atoms with Gasteiger partial charge < -0.3 is 10.2 Å². The molecule has 2 aromatic rings. The number of alkyl halides is 2. The lowest BCUT2D eigenvalue weighted by Crippen LogP contribution is -2.44. The maximum Gasteiger partial charge on any atom is 0.264 e. The van der Waals surface area contributed by atoms with Crippen molar-refractivity contribution in [3.63, 3.8) is 0 Å². The Labute approximate surface area is 177 Å². The van der Waals surface area contributed by atoms with E-state index in [0.29, 0.717) is 23.8 Å². The molecule has 0 amide bonds. The summed E-state index contributed by atoms with van der Waals surface area (Å²) in [5.74, 6) is 1.32. The third-order valence-electron chi connectivity index (χ3n) is 5.79. The van der Waals surface area contributed by atoms with Crippen molar-refractivity contribution in [3.8, 4) is 0 Å². The molecule has 0 atom stereocenters. The van der Waals surface area contributed by atoms with E-state index in [-0.39, 0.29) is 11.1 Å². The van der Waals surface area contributed by atoms with Crippen molar-refractivity contribution in [2.24, 2.45) is 0 Å². The summed E-state index contributed by atoms with van der Waals surface area (Å²) in [6.07, 6.45) is 1.78. The molecule has 1 aromatic heterocycles. The topological polar surface area (TPSA) is 41.1 Å². The molecule has 0 saturated heterocycles. The van der Waals surface area contributed by atoms with Crippen molar-refractivity contribution in [1.82, 2.24) is 14.9 Å². The molecule has 7 heteroatoms. The van der Waals surface area contributed by atoms with Crippen LogP contribution in [-0.4, -0.2) is 20.4 Å². The summed E-state index contributed by atoms with van der Waals surface area (Å²) in [5, 5.41) is 5.02. The number of aryl methyl sites for hydroxylation is 1. The quantitative estimate of drug-likeness (QED) is 0.723. The lowest BCUT2D eigenvalue weighted by Gasteiger charge is -2.32. The predicted octanol–water partition coefficient (Wildman–Crippen LogP) is 4.27. The number of fused-ring (bicyclic) bond motifs is 1. The van der Waals surface area contributed by atoms with Gasteiger partial charge in [0.05, 0.1) is 20.7 Å². The van der Waals surface area contributed by atoms with Gasteiger partial charge in [-0.25, -0.2) is 18.7 Å². The number of nitrogens with zero attached hydrogens (tertiary/aromatic N) is 3. The van der Waals surface area contributed by atoms with Gasteiger partial charge in [0, 0.05) is 23.8 Å². The van der Waals surface area contributed by atoms with Crippen LogP contribution in [0, 0.1) is 13.8 Å². The highest BCUT2D eigenvalue weighted by Crippen LogP contribution is 2.45. The number of hydrogen-bond donors (Lipinski definition) is 1. The summed E-state index contributed by atoms with van der Waals surface area (Å²) in [6, 6.07) is 5.00. The third-order valence-corrected chi connectivity index (χ3v) is 6.63. The molecule has 29 heavy (non-hydrogen) atoms. The summed E-state index contributed by atoms with van der Waals surface area (Å²) in [4.78, 5) is 11.4. The maximum atomic E-state index is 13.2. The van der Waals surface area contributed by atoms with Crippen molar-refractivity contribution < 1.29 is 8.78 Å². The van der Waals surface area contributed by atoms with Crippen LogP contribution in [0.25, 0.3) is 10.7 Å². The average Bonchev–Trinajstić information content (AvgIpc) is 3.42. The summed E-state index contributed by atoms with van der Waals surface area (Å²) in [5.41, 5.74) is 2.45. The normalized spacial score (nSPS) is 17.3. The zero-order valence-corrected chi connectivity index (χ0v) is 18.3. The van der Waals surface area contributed by atoms with Gasteiger partial charge in [-0.1, -0.05) is 24.8 Å². The van der Waals surface area contributed by atoms with Crippen LogP contribution >= 0.6 is 15.9 Å². The van der Waals surface area contributed by atoms with Gasteiger partial charge in [-0.05, 0) is 60.7 Å². The van der Waals surface area contributed by atoms with E-state index in [0.717, 1.165) is 39.2 Å². The van der Waals surface area contributed by atoms with Crippen LogP contribution in [0.2, 0.25) is 0 Å². The van der Waals surface area contributed by atoms with Gasteiger partial charge in [0.15, 0.2) is 0 Å². The molecular weight excluding hydrogens is 438 g/mol. The second kappa shape index (κ2) is 7.20. The van der Waals surface area contributed by atoms with E-state index >= 15 is 0 Å². The van der Waals surface area contributed by atoms with Crippen molar-refractivity contribution in [1.29, 1.82) is 0 Å². The molecule has 0 bridgehead atoms.